The number of hydrogen-bond donors (Lipinski definition) is 1. The first-order chi connectivity index (χ1) is 9.33. The minimum Gasteiger partial charge on any atom is -0.310 e. The largest absolute Gasteiger partial charge is 0.310 e. The van der Waals surface area contributed by atoms with E-state index in [1.807, 2.05) is 42.1 Å². The molecule has 19 heavy (non-hydrogen) atoms. The number of H-pyrrole nitrogens is 1. The van der Waals surface area contributed by atoms with Crippen LogP contribution in [0.5, 0.6) is 0 Å². The predicted octanol–water partition coefficient (Wildman–Crippen LogP) is 3.40. The number of nitrogens with zero attached hydrogens (tertiary/aromatic N) is 1. The van der Waals surface area contributed by atoms with E-state index >= 15 is 0 Å². The first kappa shape index (κ1) is 12.5. The molecule has 1 saturated heterocycles. The topological polar surface area (TPSA) is 45.8 Å². The number of aromatic nitrogens is 2. The molecule has 98 valence electrons. The number of thioether (sulfide) groups is 1. The summed E-state index contributed by atoms with van der Waals surface area (Å²) < 4.78 is 0. The van der Waals surface area contributed by atoms with Gasteiger partial charge in [-0.1, -0.05) is 36.8 Å². The van der Waals surface area contributed by atoms with Gasteiger partial charge in [0.05, 0.1) is 10.9 Å². The molecule has 1 aromatic heterocycles. The fourth-order valence-electron chi connectivity index (χ4n) is 2.34. The second kappa shape index (κ2) is 5.61. The summed E-state index contributed by atoms with van der Waals surface area (Å²) in [5.41, 5.74) is 1.70. The van der Waals surface area contributed by atoms with Crippen molar-refractivity contribution in [3.05, 3.63) is 52.6 Å². The normalized spacial score (nSPS) is 19.3. The molecule has 3 rings (SSSR count). The Labute approximate surface area is 116 Å². The summed E-state index contributed by atoms with van der Waals surface area (Å²) in [6.45, 7) is 0. The second-order valence-corrected chi connectivity index (χ2v) is 6.05. The lowest BCUT2D eigenvalue weighted by atomic mass is 10.1. The minimum atomic E-state index is -0.0602. The van der Waals surface area contributed by atoms with Crippen LogP contribution in [0.25, 0.3) is 11.3 Å². The van der Waals surface area contributed by atoms with Crippen LogP contribution in [-0.2, 0) is 0 Å². The average Bonchev–Trinajstić information content (AvgIpc) is 2.48. The van der Waals surface area contributed by atoms with Gasteiger partial charge in [0.25, 0.3) is 5.56 Å². The Hall–Kier alpha value is -1.55. The van der Waals surface area contributed by atoms with Gasteiger partial charge in [0.2, 0.25) is 0 Å². The van der Waals surface area contributed by atoms with E-state index < -0.39 is 0 Å². The van der Waals surface area contributed by atoms with E-state index in [2.05, 4.69) is 9.97 Å². The lowest BCUT2D eigenvalue weighted by Gasteiger charge is -2.20. The van der Waals surface area contributed by atoms with Crippen LogP contribution in [0.4, 0.5) is 0 Å². The summed E-state index contributed by atoms with van der Waals surface area (Å²) in [6, 6.07) is 11.4. The molecule has 0 spiro atoms. The van der Waals surface area contributed by atoms with Gasteiger partial charge in [-0.25, -0.2) is 4.98 Å². The SMILES string of the molecule is O=c1cc(-c2ccccc2)nc(C2CCCCS2)[nH]1. The maximum absolute atomic E-state index is 11.8. The number of nitrogens with one attached hydrogen (secondary N) is 1. The summed E-state index contributed by atoms with van der Waals surface area (Å²) >= 11 is 1.90. The molecule has 0 radical (unpaired) electrons. The van der Waals surface area contributed by atoms with Gasteiger partial charge in [-0.3, -0.25) is 4.79 Å². The average molecular weight is 272 g/mol. The third kappa shape index (κ3) is 2.89. The number of hydrogen-bond acceptors (Lipinski definition) is 3. The molecule has 0 bridgehead atoms. The van der Waals surface area contributed by atoms with Gasteiger partial charge < -0.3 is 4.98 Å². The molecule has 4 heteroatoms. The minimum absolute atomic E-state index is 0.0602. The van der Waals surface area contributed by atoms with E-state index in [1.165, 1.54) is 12.8 Å². The molecule has 1 aliphatic heterocycles. The highest BCUT2D eigenvalue weighted by atomic mass is 32.2. The molecule has 3 nitrogen and oxygen atoms in total. The van der Waals surface area contributed by atoms with Crippen LogP contribution < -0.4 is 5.56 Å². The van der Waals surface area contributed by atoms with Crippen molar-refractivity contribution < 1.29 is 0 Å². The van der Waals surface area contributed by atoms with Crippen molar-refractivity contribution in [3.8, 4) is 11.3 Å². The van der Waals surface area contributed by atoms with E-state index in [4.69, 9.17) is 0 Å². The van der Waals surface area contributed by atoms with Gasteiger partial charge in [0.15, 0.2) is 0 Å². The maximum Gasteiger partial charge on any atom is 0.251 e. The molecule has 0 amide bonds. The van der Waals surface area contributed by atoms with Crippen molar-refractivity contribution in [1.29, 1.82) is 0 Å². The fourth-order valence-corrected chi connectivity index (χ4v) is 3.60. The van der Waals surface area contributed by atoms with Crippen LogP contribution >= 0.6 is 11.8 Å². The second-order valence-electron chi connectivity index (χ2n) is 4.74. The summed E-state index contributed by atoms with van der Waals surface area (Å²) in [7, 11) is 0. The zero-order chi connectivity index (χ0) is 13.1. The van der Waals surface area contributed by atoms with Gasteiger partial charge in [-0.2, -0.15) is 11.8 Å². The monoisotopic (exact) mass is 272 g/mol. The molecule has 1 atom stereocenters. The van der Waals surface area contributed by atoms with Gasteiger partial charge in [0.1, 0.15) is 5.82 Å². The lowest BCUT2D eigenvalue weighted by Crippen LogP contribution is -2.15. The molecule has 1 N–H and O–H groups in total. The van der Waals surface area contributed by atoms with Gasteiger partial charge in [0, 0.05) is 11.6 Å². The van der Waals surface area contributed by atoms with Crippen molar-refractivity contribution in [2.24, 2.45) is 0 Å². The third-order valence-corrected chi connectivity index (χ3v) is 4.70. The Morgan fingerprint density at radius 1 is 1.21 bits per heavy atom. The number of aromatic amines is 1. The molecule has 0 saturated carbocycles. The van der Waals surface area contributed by atoms with E-state index in [1.54, 1.807) is 6.07 Å². The predicted molar refractivity (Wildman–Crippen MR) is 79.3 cm³/mol. The van der Waals surface area contributed by atoms with E-state index in [0.717, 1.165) is 29.3 Å². The van der Waals surface area contributed by atoms with Crippen LogP contribution in [0.15, 0.2) is 41.2 Å². The van der Waals surface area contributed by atoms with Gasteiger partial charge in [-0.15, -0.1) is 0 Å². The molecule has 1 fully saturated rings. The Morgan fingerprint density at radius 3 is 2.79 bits per heavy atom. The molecular weight excluding hydrogens is 256 g/mol. The van der Waals surface area contributed by atoms with Crippen LogP contribution in [0.2, 0.25) is 0 Å². The van der Waals surface area contributed by atoms with Crippen molar-refractivity contribution >= 4 is 11.8 Å². The first-order valence-electron chi connectivity index (χ1n) is 6.61. The van der Waals surface area contributed by atoms with Crippen LogP contribution in [0.1, 0.15) is 30.3 Å². The maximum atomic E-state index is 11.8. The van der Waals surface area contributed by atoms with Crippen molar-refractivity contribution in [2.45, 2.75) is 24.5 Å². The summed E-state index contributed by atoms with van der Waals surface area (Å²) in [5, 5.41) is 0.338. The molecule has 1 unspecified atom stereocenters. The highest BCUT2D eigenvalue weighted by Crippen LogP contribution is 2.36. The lowest BCUT2D eigenvalue weighted by molar-refractivity contribution is 0.660. The van der Waals surface area contributed by atoms with Crippen LogP contribution in [0, 0.1) is 0 Å². The Bertz CT molecular complexity index is 603. The summed E-state index contributed by atoms with van der Waals surface area (Å²) in [4.78, 5) is 19.4. The van der Waals surface area contributed by atoms with E-state index in [9.17, 15) is 4.79 Å². The van der Waals surface area contributed by atoms with Crippen molar-refractivity contribution in [3.63, 3.8) is 0 Å². The van der Waals surface area contributed by atoms with Crippen LogP contribution in [0.3, 0.4) is 0 Å². The van der Waals surface area contributed by atoms with Gasteiger partial charge >= 0.3 is 0 Å². The van der Waals surface area contributed by atoms with E-state index in [0.29, 0.717) is 5.25 Å². The van der Waals surface area contributed by atoms with Crippen molar-refractivity contribution in [1.82, 2.24) is 9.97 Å². The fraction of sp³-hybridized carbons (Fsp3) is 0.333. The Balaban J connectivity index is 1.98. The highest BCUT2D eigenvalue weighted by molar-refractivity contribution is 7.99. The van der Waals surface area contributed by atoms with Gasteiger partial charge in [-0.05, 0) is 18.6 Å². The Kier molecular flexibility index (Phi) is 3.69. The first-order valence-corrected chi connectivity index (χ1v) is 7.66. The molecule has 2 aromatic rings. The molecular formula is C15H16N2OS. The summed E-state index contributed by atoms with van der Waals surface area (Å²) in [6.07, 6.45) is 3.59. The quantitative estimate of drug-likeness (QED) is 0.911. The molecule has 1 aliphatic rings. The zero-order valence-electron chi connectivity index (χ0n) is 10.6. The Morgan fingerprint density at radius 2 is 2.05 bits per heavy atom. The summed E-state index contributed by atoms with van der Waals surface area (Å²) in [5.74, 6) is 1.99. The smallest absolute Gasteiger partial charge is 0.251 e. The standard InChI is InChI=1S/C15H16N2OS/c18-14-10-12(11-6-2-1-3-7-11)16-15(17-14)13-8-4-5-9-19-13/h1-3,6-7,10,13H,4-5,8-9H2,(H,16,17,18). The number of benzene rings is 1. The molecule has 0 aliphatic carbocycles. The third-order valence-electron chi connectivity index (χ3n) is 3.31. The molecule has 1 aromatic carbocycles. The highest BCUT2D eigenvalue weighted by Gasteiger charge is 2.19. The zero-order valence-corrected chi connectivity index (χ0v) is 11.5. The van der Waals surface area contributed by atoms with Crippen LogP contribution in [-0.4, -0.2) is 15.7 Å². The number of rotatable bonds is 2. The molecule has 2 heterocycles. The van der Waals surface area contributed by atoms with Crippen molar-refractivity contribution in [2.75, 3.05) is 5.75 Å². The van der Waals surface area contributed by atoms with E-state index in [-0.39, 0.29) is 5.56 Å².